The van der Waals surface area contributed by atoms with Crippen molar-refractivity contribution in [3.8, 4) is 5.75 Å². The van der Waals surface area contributed by atoms with Gasteiger partial charge in [-0.1, -0.05) is 6.07 Å². The van der Waals surface area contributed by atoms with Crippen molar-refractivity contribution < 1.29 is 31.5 Å². The maximum Gasteiger partial charge on any atom is 0.433 e. The van der Waals surface area contributed by atoms with E-state index in [1.165, 1.54) is 6.07 Å². The Morgan fingerprint density at radius 3 is 2.50 bits per heavy atom. The summed E-state index contributed by atoms with van der Waals surface area (Å²) in [7, 11) is 0. The van der Waals surface area contributed by atoms with Gasteiger partial charge in [-0.3, -0.25) is 14.7 Å². The highest BCUT2D eigenvalue weighted by Gasteiger charge is 2.38. The molecule has 0 N–H and O–H groups in total. The van der Waals surface area contributed by atoms with Gasteiger partial charge in [0.15, 0.2) is 0 Å². The van der Waals surface area contributed by atoms with E-state index in [2.05, 4.69) is 14.6 Å². The zero-order valence-electron chi connectivity index (χ0n) is 18.9. The highest BCUT2D eigenvalue weighted by Crippen LogP contribution is 2.40. The minimum Gasteiger partial charge on any atom is -0.435 e. The minimum absolute atomic E-state index is 0.100. The van der Waals surface area contributed by atoms with Crippen LogP contribution in [0.1, 0.15) is 58.0 Å². The normalized spacial score (nSPS) is 21.5. The summed E-state index contributed by atoms with van der Waals surface area (Å²) in [5, 5.41) is 0. The lowest BCUT2D eigenvalue weighted by atomic mass is 9.86. The van der Waals surface area contributed by atoms with Crippen molar-refractivity contribution in [2.24, 2.45) is 0 Å². The van der Waals surface area contributed by atoms with Gasteiger partial charge in [-0.15, -0.1) is 0 Å². The van der Waals surface area contributed by atoms with Crippen molar-refractivity contribution in [2.45, 2.75) is 58.0 Å². The molecule has 2 aliphatic heterocycles. The van der Waals surface area contributed by atoms with Crippen molar-refractivity contribution in [2.75, 3.05) is 19.6 Å². The summed E-state index contributed by atoms with van der Waals surface area (Å²) >= 11 is 0. The predicted molar refractivity (Wildman–Crippen MR) is 115 cm³/mol. The second-order valence-electron chi connectivity index (χ2n) is 8.80. The molecule has 2 saturated heterocycles. The highest BCUT2D eigenvalue weighted by atomic mass is 19.4. The number of piperazine rings is 1. The van der Waals surface area contributed by atoms with Crippen LogP contribution in [0.4, 0.5) is 22.0 Å². The van der Waals surface area contributed by atoms with Crippen LogP contribution < -0.4 is 4.74 Å². The molecule has 0 bridgehead atoms. The van der Waals surface area contributed by atoms with E-state index in [9.17, 15) is 26.7 Å². The molecule has 0 saturated carbocycles. The summed E-state index contributed by atoms with van der Waals surface area (Å²) in [6, 6.07) is 5.64. The average molecular weight is 483 g/mol. The highest BCUT2D eigenvalue weighted by molar-refractivity contribution is 5.94. The number of aromatic nitrogens is 1. The minimum atomic E-state index is -4.55. The van der Waals surface area contributed by atoms with Crippen LogP contribution in [0.5, 0.6) is 5.75 Å². The lowest BCUT2D eigenvalue weighted by molar-refractivity contribution is -0.141. The summed E-state index contributed by atoms with van der Waals surface area (Å²) in [6.07, 6.45) is -0.802. The number of halogens is 5. The van der Waals surface area contributed by atoms with E-state index in [0.717, 1.165) is 42.7 Å². The molecule has 1 amide bonds. The number of carbonyl (C=O) groups excluding carboxylic acids is 1. The van der Waals surface area contributed by atoms with Crippen LogP contribution >= 0.6 is 0 Å². The van der Waals surface area contributed by atoms with Gasteiger partial charge in [0.1, 0.15) is 11.4 Å². The number of pyridine rings is 1. The Morgan fingerprint density at radius 1 is 1.09 bits per heavy atom. The number of ether oxygens (including phenoxy) is 1. The molecule has 0 spiro atoms. The summed E-state index contributed by atoms with van der Waals surface area (Å²) < 4.78 is 68.3. The maximum absolute atomic E-state index is 12.9. The molecule has 0 unspecified atom stereocenters. The number of nitrogens with zero attached hydrogens (tertiary/aromatic N) is 3. The second kappa shape index (κ2) is 9.48. The smallest absolute Gasteiger partial charge is 0.433 e. The molecule has 0 aliphatic carbocycles. The first kappa shape index (κ1) is 24.4. The Labute approximate surface area is 194 Å². The number of rotatable bonds is 4. The van der Waals surface area contributed by atoms with Crippen molar-refractivity contribution in [3.63, 3.8) is 0 Å². The number of piperidine rings is 1. The van der Waals surface area contributed by atoms with Gasteiger partial charge in [-0.05, 0) is 68.0 Å². The molecular formula is C24H26F5N3O2. The molecule has 2 atom stereocenters. The number of alkyl halides is 5. The third-order valence-electron chi connectivity index (χ3n) is 6.89. The fourth-order valence-electron chi connectivity index (χ4n) is 5.04. The molecule has 2 aromatic rings. The molecule has 1 aromatic carbocycles. The van der Waals surface area contributed by atoms with Crippen LogP contribution in [0.3, 0.4) is 0 Å². The Hall–Kier alpha value is -2.75. The van der Waals surface area contributed by atoms with E-state index < -0.39 is 18.5 Å². The lowest BCUT2D eigenvalue weighted by Crippen LogP contribution is -2.57. The van der Waals surface area contributed by atoms with Gasteiger partial charge < -0.3 is 9.64 Å². The number of amides is 1. The third kappa shape index (κ3) is 4.87. The molecule has 3 heterocycles. The number of benzene rings is 1. The van der Waals surface area contributed by atoms with Crippen LogP contribution in [-0.4, -0.2) is 53.0 Å². The number of fused-ring (bicyclic) bond motifs is 1. The van der Waals surface area contributed by atoms with E-state index >= 15 is 0 Å². The second-order valence-corrected chi connectivity index (χ2v) is 8.80. The quantitative estimate of drug-likeness (QED) is 0.549. The monoisotopic (exact) mass is 483 g/mol. The molecule has 0 radical (unpaired) electrons. The Kier molecular flexibility index (Phi) is 6.80. The summed E-state index contributed by atoms with van der Waals surface area (Å²) in [6.45, 7) is 2.32. The van der Waals surface area contributed by atoms with Gasteiger partial charge in [-0.25, -0.2) is 0 Å². The molecule has 2 aliphatic rings. The predicted octanol–water partition coefficient (Wildman–Crippen LogP) is 5.37. The fraction of sp³-hybridized carbons (Fsp3) is 0.500. The molecule has 184 valence electrons. The molecule has 10 heteroatoms. The molecule has 5 nitrogen and oxygen atoms in total. The van der Waals surface area contributed by atoms with Gasteiger partial charge in [0, 0.05) is 37.9 Å². The Bertz CT molecular complexity index is 1040. The molecule has 1 aromatic heterocycles. The summed E-state index contributed by atoms with van der Waals surface area (Å²) in [4.78, 5) is 20.4. The summed E-state index contributed by atoms with van der Waals surface area (Å²) in [5.41, 5.74) is 1.77. The van der Waals surface area contributed by atoms with Crippen molar-refractivity contribution in [3.05, 3.63) is 58.4 Å². The van der Waals surface area contributed by atoms with Crippen molar-refractivity contribution in [1.29, 1.82) is 0 Å². The standard InChI is InChI=1S/C24H26F5N3O2/c1-14-15(2)20(34-23(25)26)8-7-18(14)19-5-3-4-17-13-31(10-11-32(17)19)22(33)16-6-9-21(30-12-16)24(27,28)29/h6-9,12,17,19,23H,3-5,10-11,13H2,1-2H3/t17-,19+/m0/s1. The van der Waals surface area contributed by atoms with Crippen LogP contribution in [0.25, 0.3) is 0 Å². The van der Waals surface area contributed by atoms with Crippen LogP contribution in [0.2, 0.25) is 0 Å². The molecule has 2 fully saturated rings. The zero-order valence-corrected chi connectivity index (χ0v) is 18.9. The number of carbonyl (C=O) groups is 1. The third-order valence-corrected chi connectivity index (χ3v) is 6.89. The van der Waals surface area contributed by atoms with Gasteiger partial charge >= 0.3 is 12.8 Å². The molecule has 34 heavy (non-hydrogen) atoms. The van der Waals surface area contributed by atoms with E-state index in [4.69, 9.17) is 0 Å². The first-order chi connectivity index (χ1) is 16.1. The first-order valence-electron chi connectivity index (χ1n) is 11.2. The average Bonchev–Trinajstić information content (AvgIpc) is 2.80. The SMILES string of the molecule is Cc1c(OC(F)F)ccc([C@H]2CCC[C@H]3CN(C(=O)c4ccc(C(F)(F)F)nc4)CCN32)c1C. The van der Waals surface area contributed by atoms with Crippen molar-refractivity contribution in [1.82, 2.24) is 14.8 Å². The van der Waals surface area contributed by atoms with Gasteiger partial charge in [0.25, 0.3) is 5.91 Å². The molecule has 4 rings (SSSR count). The Morgan fingerprint density at radius 2 is 1.85 bits per heavy atom. The van der Waals surface area contributed by atoms with E-state index in [1.807, 2.05) is 13.0 Å². The lowest BCUT2D eigenvalue weighted by Gasteiger charge is -2.48. The number of hydrogen-bond donors (Lipinski definition) is 0. The summed E-state index contributed by atoms with van der Waals surface area (Å²) in [5.74, 6) is -0.160. The van der Waals surface area contributed by atoms with Gasteiger partial charge in [-0.2, -0.15) is 22.0 Å². The van der Waals surface area contributed by atoms with E-state index in [-0.39, 0.29) is 29.3 Å². The van der Waals surface area contributed by atoms with Gasteiger partial charge in [0.05, 0.1) is 5.56 Å². The largest absolute Gasteiger partial charge is 0.435 e. The topological polar surface area (TPSA) is 45.7 Å². The Balaban J connectivity index is 1.48. The van der Waals surface area contributed by atoms with E-state index in [0.29, 0.717) is 25.2 Å². The van der Waals surface area contributed by atoms with Crippen molar-refractivity contribution >= 4 is 5.91 Å². The van der Waals surface area contributed by atoms with Gasteiger partial charge in [0.2, 0.25) is 0 Å². The van der Waals surface area contributed by atoms with Crippen LogP contribution in [-0.2, 0) is 6.18 Å². The van der Waals surface area contributed by atoms with E-state index in [1.54, 1.807) is 17.9 Å². The number of hydrogen-bond acceptors (Lipinski definition) is 4. The maximum atomic E-state index is 12.9. The zero-order chi connectivity index (χ0) is 24.6. The molecular weight excluding hydrogens is 457 g/mol. The fourth-order valence-corrected chi connectivity index (χ4v) is 5.04. The first-order valence-corrected chi connectivity index (χ1v) is 11.2. The van der Waals surface area contributed by atoms with Crippen LogP contribution in [0, 0.1) is 13.8 Å². The van der Waals surface area contributed by atoms with Crippen LogP contribution in [0.15, 0.2) is 30.5 Å².